The first-order valence-corrected chi connectivity index (χ1v) is 9.80. The van der Waals surface area contributed by atoms with Crippen molar-refractivity contribution in [1.82, 2.24) is 20.4 Å². The maximum atomic E-state index is 12.2. The number of hydrogen-bond acceptors (Lipinski definition) is 4. The third kappa shape index (κ3) is 4.27. The Labute approximate surface area is 162 Å². The minimum Gasteiger partial charge on any atom is -0.340 e. The van der Waals surface area contributed by atoms with Crippen LogP contribution in [0.1, 0.15) is 21.6 Å². The number of amides is 1. The van der Waals surface area contributed by atoms with Crippen LogP contribution in [0.5, 0.6) is 0 Å². The summed E-state index contributed by atoms with van der Waals surface area (Å²) < 4.78 is 0. The van der Waals surface area contributed by atoms with E-state index in [0.717, 1.165) is 36.6 Å². The number of carbonyl (C=O) groups is 1. The SMILES string of the molecule is O=C(NCC#CCN1CCc2ccccc2C1)c1cc(-c2cccs2)[nH]n1. The summed E-state index contributed by atoms with van der Waals surface area (Å²) in [5.74, 6) is 5.97. The van der Waals surface area contributed by atoms with E-state index < -0.39 is 0 Å². The lowest BCUT2D eigenvalue weighted by atomic mass is 10.0. The van der Waals surface area contributed by atoms with Crippen molar-refractivity contribution < 1.29 is 4.79 Å². The smallest absolute Gasteiger partial charge is 0.272 e. The zero-order valence-corrected chi connectivity index (χ0v) is 15.7. The number of carbonyl (C=O) groups excluding carboxylic acids is 1. The molecular formula is C21H20N4OS. The molecule has 0 atom stereocenters. The molecule has 2 N–H and O–H groups in total. The molecule has 0 fully saturated rings. The third-order valence-corrected chi connectivity index (χ3v) is 5.47. The predicted octanol–water partition coefficient (Wildman–Crippen LogP) is 2.93. The molecule has 1 aliphatic rings. The summed E-state index contributed by atoms with van der Waals surface area (Å²) in [7, 11) is 0. The topological polar surface area (TPSA) is 61.0 Å². The van der Waals surface area contributed by atoms with Gasteiger partial charge < -0.3 is 5.32 Å². The average molecular weight is 376 g/mol. The first-order valence-electron chi connectivity index (χ1n) is 8.92. The summed E-state index contributed by atoms with van der Waals surface area (Å²) in [5, 5.41) is 11.8. The molecule has 1 aliphatic heterocycles. The molecule has 0 bridgehead atoms. The normalized spacial score (nSPS) is 13.5. The number of rotatable bonds is 4. The fraction of sp³-hybridized carbons (Fsp3) is 0.238. The molecule has 1 amide bonds. The predicted molar refractivity (Wildman–Crippen MR) is 107 cm³/mol. The molecule has 5 nitrogen and oxygen atoms in total. The van der Waals surface area contributed by atoms with Crippen LogP contribution >= 0.6 is 11.3 Å². The van der Waals surface area contributed by atoms with Crippen LogP contribution in [0.4, 0.5) is 0 Å². The lowest BCUT2D eigenvalue weighted by molar-refractivity contribution is 0.0953. The summed E-state index contributed by atoms with van der Waals surface area (Å²) in [6.07, 6.45) is 1.07. The second-order valence-electron chi connectivity index (χ2n) is 6.41. The van der Waals surface area contributed by atoms with Crippen molar-refractivity contribution in [3.63, 3.8) is 0 Å². The van der Waals surface area contributed by atoms with Gasteiger partial charge in [0.05, 0.1) is 23.7 Å². The van der Waals surface area contributed by atoms with E-state index in [2.05, 4.69) is 56.5 Å². The summed E-state index contributed by atoms with van der Waals surface area (Å²) in [6, 6.07) is 14.3. The monoisotopic (exact) mass is 376 g/mol. The lowest BCUT2D eigenvalue weighted by Crippen LogP contribution is -2.31. The van der Waals surface area contributed by atoms with Gasteiger partial charge in [0.1, 0.15) is 0 Å². The molecule has 0 saturated heterocycles. The van der Waals surface area contributed by atoms with E-state index in [1.165, 1.54) is 11.1 Å². The van der Waals surface area contributed by atoms with Crippen LogP contribution in [0.2, 0.25) is 0 Å². The molecule has 27 heavy (non-hydrogen) atoms. The van der Waals surface area contributed by atoms with Crippen molar-refractivity contribution in [3.05, 3.63) is 64.7 Å². The van der Waals surface area contributed by atoms with Crippen molar-refractivity contribution >= 4 is 17.2 Å². The molecular weight excluding hydrogens is 356 g/mol. The number of nitrogens with zero attached hydrogens (tertiary/aromatic N) is 2. The molecule has 4 rings (SSSR count). The molecule has 136 valence electrons. The minimum absolute atomic E-state index is 0.213. The van der Waals surface area contributed by atoms with Crippen molar-refractivity contribution in [2.24, 2.45) is 0 Å². The second-order valence-corrected chi connectivity index (χ2v) is 7.36. The van der Waals surface area contributed by atoms with Crippen LogP contribution in [-0.4, -0.2) is 40.6 Å². The average Bonchev–Trinajstić information content (AvgIpc) is 3.39. The van der Waals surface area contributed by atoms with Gasteiger partial charge in [0.15, 0.2) is 5.69 Å². The van der Waals surface area contributed by atoms with Gasteiger partial charge >= 0.3 is 0 Å². The lowest BCUT2D eigenvalue weighted by Gasteiger charge is -2.26. The number of benzene rings is 1. The van der Waals surface area contributed by atoms with Gasteiger partial charge in [0, 0.05) is 13.1 Å². The molecule has 3 heterocycles. The van der Waals surface area contributed by atoms with Crippen molar-refractivity contribution in [2.75, 3.05) is 19.6 Å². The molecule has 3 aromatic rings. The fourth-order valence-electron chi connectivity index (χ4n) is 3.13. The highest BCUT2D eigenvalue weighted by Gasteiger charge is 2.14. The number of fused-ring (bicyclic) bond motifs is 1. The van der Waals surface area contributed by atoms with Gasteiger partial charge in [-0.3, -0.25) is 14.8 Å². The van der Waals surface area contributed by atoms with Crippen LogP contribution in [-0.2, 0) is 13.0 Å². The standard InChI is InChI=1S/C21H20N4OS/c26-21(19-14-18(23-24-19)20-8-5-13-27-20)22-10-3-4-11-25-12-9-16-6-1-2-7-17(16)15-25/h1-2,5-8,13-14H,9-12,15H2,(H,22,26)(H,23,24). The Morgan fingerprint density at radius 1 is 1.22 bits per heavy atom. The van der Waals surface area contributed by atoms with Crippen LogP contribution < -0.4 is 5.32 Å². The van der Waals surface area contributed by atoms with Gasteiger partial charge in [-0.2, -0.15) is 5.10 Å². The molecule has 1 aromatic carbocycles. The Kier molecular flexibility index (Phi) is 5.33. The van der Waals surface area contributed by atoms with E-state index in [4.69, 9.17) is 0 Å². The number of H-pyrrole nitrogens is 1. The summed E-state index contributed by atoms with van der Waals surface area (Å²) in [5.41, 5.74) is 4.06. The molecule has 0 radical (unpaired) electrons. The number of nitrogens with one attached hydrogen (secondary N) is 2. The van der Waals surface area contributed by atoms with Gasteiger partial charge in [-0.1, -0.05) is 42.2 Å². The zero-order valence-electron chi connectivity index (χ0n) is 14.9. The molecule has 0 unspecified atom stereocenters. The Morgan fingerprint density at radius 3 is 2.96 bits per heavy atom. The van der Waals surface area contributed by atoms with Crippen molar-refractivity contribution in [3.8, 4) is 22.4 Å². The molecule has 0 aliphatic carbocycles. The first kappa shape index (κ1) is 17.5. The quantitative estimate of drug-likeness (QED) is 0.689. The number of aromatic amines is 1. The maximum Gasteiger partial charge on any atom is 0.272 e. The van der Waals surface area contributed by atoms with E-state index >= 15 is 0 Å². The number of thiophene rings is 1. The summed E-state index contributed by atoms with van der Waals surface area (Å²) >= 11 is 1.60. The highest BCUT2D eigenvalue weighted by molar-refractivity contribution is 7.13. The Hall–Kier alpha value is -2.88. The van der Waals surface area contributed by atoms with Crippen LogP contribution in [0.15, 0.2) is 47.8 Å². The summed E-state index contributed by atoms with van der Waals surface area (Å²) in [4.78, 5) is 15.6. The van der Waals surface area contributed by atoms with Crippen molar-refractivity contribution in [2.45, 2.75) is 13.0 Å². The Morgan fingerprint density at radius 2 is 2.11 bits per heavy atom. The third-order valence-electron chi connectivity index (χ3n) is 4.57. The largest absolute Gasteiger partial charge is 0.340 e. The van der Waals surface area contributed by atoms with Gasteiger partial charge in [-0.05, 0) is 35.1 Å². The Bertz CT molecular complexity index is 981. The second kappa shape index (κ2) is 8.21. The zero-order chi connectivity index (χ0) is 18.5. The van der Waals surface area contributed by atoms with E-state index in [1.54, 1.807) is 17.4 Å². The maximum absolute atomic E-state index is 12.2. The Balaban J connectivity index is 1.24. The van der Waals surface area contributed by atoms with Crippen LogP contribution in [0.3, 0.4) is 0 Å². The molecule has 0 spiro atoms. The highest BCUT2D eigenvalue weighted by Crippen LogP contribution is 2.22. The number of hydrogen-bond donors (Lipinski definition) is 2. The van der Waals surface area contributed by atoms with Gasteiger partial charge in [-0.25, -0.2) is 0 Å². The number of aromatic nitrogens is 2. The van der Waals surface area contributed by atoms with Crippen molar-refractivity contribution in [1.29, 1.82) is 0 Å². The van der Waals surface area contributed by atoms with Crippen LogP contribution in [0, 0.1) is 11.8 Å². The minimum atomic E-state index is -0.213. The van der Waals surface area contributed by atoms with E-state index in [-0.39, 0.29) is 5.91 Å². The van der Waals surface area contributed by atoms with Gasteiger partial charge in [0.25, 0.3) is 5.91 Å². The summed E-state index contributed by atoms with van der Waals surface area (Å²) in [6.45, 7) is 3.01. The van der Waals surface area contributed by atoms with E-state index in [0.29, 0.717) is 12.2 Å². The molecule has 6 heteroatoms. The van der Waals surface area contributed by atoms with Gasteiger partial charge in [0.2, 0.25) is 0 Å². The fourth-order valence-corrected chi connectivity index (χ4v) is 3.82. The first-order chi connectivity index (χ1) is 13.3. The van der Waals surface area contributed by atoms with Crippen LogP contribution in [0.25, 0.3) is 10.6 Å². The molecule has 2 aromatic heterocycles. The van der Waals surface area contributed by atoms with Gasteiger partial charge in [-0.15, -0.1) is 11.3 Å². The molecule has 0 saturated carbocycles. The van der Waals surface area contributed by atoms with E-state index in [1.807, 2.05) is 17.5 Å². The van der Waals surface area contributed by atoms with E-state index in [9.17, 15) is 4.79 Å². The highest BCUT2D eigenvalue weighted by atomic mass is 32.1.